The minimum absolute atomic E-state index is 0.0231. The molecule has 1 rings (SSSR count). The molecule has 0 bridgehead atoms. The maximum Gasteiger partial charge on any atom is 0.242 e. The van der Waals surface area contributed by atoms with Gasteiger partial charge in [0.2, 0.25) is 5.91 Å². The van der Waals surface area contributed by atoms with Crippen molar-refractivity contribution in [2.45, 2.75) is 58.7 Å². The molecule has 106 valence electrons. The molecule has 0 saturated carbocycles. The summed E-state index contributed by atoms with van der Waals surface area (Å²) in [6.45, 7) is 15.1. The van der Waals surface area contributed by atoms with Gasteiger partial charge in [0.25, 0.3) is 0 Å². The molecule has 1 aliphatic rings. The van der Waals surface area contributed by atoms with Gasteiger partial charge in [-0.1, -0.05) is 13.8 Å². The zero-order chi connectivity index (χ0) is 14.1. The summed E-state index contributed by atoms with van der Waals surface area (Å²) < 4.78 is 0. The number of hydrogen-bond donors (Lipinski definition) is 1. The monoisotopic (exact) mass is 255 g/mol. The lowest BCUT2D eigenvalue weighted by Gasteiger charge is -2.53. The van der Waals surface area contributed by atoms with Crippen LogP contribution in [0.1, 0.15) is 41.5 Å². The van der Waals surface area contributed by atoms with Crippen molar-refractivity contribution in [2.75, 3.05) is 26.7 Å². The van der Waals surface area contributed by atoms with Gasteiger partial charge < -0.3 is 10.2 Å². The second-order valence-corrected chi connectivity index (χ2v) is 6.77. The van der Waals surface area contributed by atoms with E-state index >= 15 is 0 Å². The number of likely N-dealkylation sites (N-methyl/N-ethyl adjacent to an activating group) is 1. The Labute approximate surface area is 112 Å². The third-order valence-electron chi connectivity index (χ3n) is 4.07. The van der Waals surface area contributed by atoms with E-state index in [0.29, 0.717) is 6.04 Å². The van der Waals surface area contributed by atoms with Crippen molar-refractivity contribution in [3.05, 3.63) is 0 Å². The molecule has 1 amide bonds. The van der Waals surface area contributed by atoms with Crippen LogP contribution in [0.3, 0.4) is 0 Å². The van der Waals surface area contributed by atoms with Crippen molar-refractivity contribution < 1.29 is 4.79 Å². The highest BCUT2D eigenvalue weighted by Gasteiger charge is 2.47. The Morgan fingerprint density at radius 1 is 1.28 bits per heavy atom. The molecule has 1 saturated heterocycles. The predicted octanol–water partition coefficient (Wildman–Crippen LogP) is 1.32. The van der Waals surface area contributed by atoms with Gasteiger partial charge in [0.1, 0.15) is 0 Å². The molecule has 0 unspecified atom stereocenters. The van der Waals surface area contributed by atoms with Crippen LogP contribution >= 0.6 is 0 Å². The SMILES string of the molecule is CC(C)NCCN1CC(C)(C)N(C)C(C)(C)C1=O. The zero-order valence-corrected chi connectivity index (χ0v) is 13.0. The Bertz CT molecular complexity index is 310. The van der Waals surface area contributed by atoms with Gasteiger partial charge in [0.05, 0.1) is 5.54 Å². The molecule has 1 fully saturated rings. The van der Waals surface area contributed by atoms with Crippen LogP contribution in [0, 0.1) is 0 Å². The summed E-state index contributed by atoms with van der Waals surface area (Å²) in [5.41, 5.74) is -0.394. The van der Waals surface area contributed by atoms with Gasteiger partial charge in [-0.15, -0.1) is 0 Å². The number of piperazine rings is 1. The summed E-state index contributed by atoms with van der Waals surface area (Å²) in [6, 6.07) is 0.466. The smallest absolute Gasteiger partial charge is 0.242 e. The van der Waals surface area contributed by atoms with E-state index in [4.69, 9.17) is 0 Å². The molecule has 4 nitrogen and oxygen atoms in total. The molecule has 4 heteroatoms. The number of amides is 1. The number of carbonyl (C=O) groups excluding carboxylic acids is 1. The first-order valence-electron chi connectivity index (χ1n) is 6.86. The third kappa shape index (κ3) is 3.04. The average molecular weight is 255 g/mol. The standard InChI is InChI=1S/C14H29N3O/c1-11(2)15-8-9-17-10-13(3,4)16(7)14(5,6)12(17)18/h11,15H,8-10H2,1-7H3. The highest BCUT2D eigenvalue weighted by molar-refractivity contribution is 5.86. The van der Waals surface area contributed by atoms with E-state index < -0.39 is 5.54 Å². The summed E-state index contributed by atoms with van der Waals surface area (Å²) in [5.74, 6) is 0.231. The van der Waals surface area contributed by atoms with E-state index in [1.165, 1.54) is 0 Å². The van der Waals surface area contributed by atoms with E-state index in [2.05, 4.69) is 37.9 Å². The number of nitrogens with one attached hydrogen (secondary N) is 1. The van der Waals surface area contributed by atoms with Crippen LogP contribution in [0.4, 0.5) is 0 Å². The van der Waals surface area contributed by atoms with E-state index in [1.807, 2.05) is 25.8 Å². The lowest BCUT2D eigenvalue weighted by molar-refractivity contribution is -0.157. The van der Waals surface area contributed by atoms with Gasteiger partial charge in [-0.2, -0.15) is 0 Å². The van der Waals surface area contributed by atoms with Crippen LogP contribution in [-0.2, 0) is 4.79 Å². The fourth-order valence-corrected chi connectivity index (χ4v) is 2.60. The molecule has 0 spiro atoms. The number of nitrogens with zero attached hydrogens (tertiary/aromatic N) is 2. The highest BCUT2D eigenvalue weighted by Crippen LogP contribution is 2.31. The number of hydrogen-bond acceptors (Lipinski definition) is 3. The van der Waals surface area contributed by atoms with Gasteiger partial charge in [-0.05, 0) is 34.7 Å². The first-order chi connectivity index (χ1) is 8.09. The molecule has 0 aliphatic carbocycles. The third-order valence-corrected chi connectivity index (χ3v) is 4.07. The van der Waals surface area contributed by atoms with E-state index in [-0.39, 0.29) is 11.4 Å². The van der Waals surface area contributed by atoms with Crippen molar-refractivity contribution in [1.82, 2.24) is 15.1 Å². The summed E-state index contributed by atoms with van der Waals surface area (Å²) in [4.78, 5) is 16.7. The molecule has 1 aliphatic heterocycles. The normalized spacial score (nSPS) is 23.8. The second-order valence-electron chi connectivity index (χ2n) is 6.77. The van der Waals surface area contributed by atoms with Crippen LogP contribution in [0.15, 0.2) is 0 Å². The molecule has 0 atom stereocenters. The van der Waals surface area contributed by atoms with E-state index in [1.54, 1.807) is 0 Å². The Hall–Kier alpha value is -0.610. The summed E-state index contributed by atoms with van der Waals surface area (Å²) in [5, 5.41) is 3.37. The van der Waals surface area contributed by atoms with Crippen LogP contribution in [0.5, 0.6) is 0 Å². The van der Waals surface area contributed by atoms with Crippen LogP contribution in [-0.4, -0.2) is 59.5 Å². The van der Waals surface area contributed by atoms with Gasteiger partial charge in [-0.3, -0.25) is 9.69 Å². The minimum Gasteiger partial charge on any atom is -0.338 e. The zero-order valence-electron chi connectivity index (χ0n) is 13.0. The molecule has 0 aromatic carbocycles. The Kier molecular flexibility index (Phi) is 4.44. The molecule has 0 aromatic rings. The van der Waals surface area contributed by atoms with E-state index in [0.717, 1.165) is 19.6 Å². The predicted molar refractivity (Wildman–Crippen MR) is 75.6 cm³/mol. The Morgan fingerprint density at radius 2 is 1.83 bits per heavy atom. The first-order valence-corrected chi connectivity index (χ1v) is 6.86. The van der Waals surface area contributed by atoms with Crippen molar-refractivity contribution >= 4 is 5.91 Å². The van der Waals surface area contributed by atoms with Gasteiger partial charge in [-0.25, -0.2) is 0 Å². The lowest BCUT2D eigenvalue weighted by Crippen LogP contribution is -2.70. The van der Waals surface area contributed by atoms with Crippen molar-refractivity contribution in [3.8, 4) is 0 Å². The summed E-state index contributed by atoms with van der Waals surface area (Å²) >= 11 is 0. The van der Waals surface area contributed by atoms with Gasteiger partial charge in [0, 0.05) is 31.2 Å². The van der Waals surface area contributed by atoms with Crippen molar-refractivity contribution in [2.24, 2.45) is 0 Å². The second kappa shape index (κ2) is 5.17. The molecule has 0 aromatic heterocycles. The molecule has 1 heterocycles. The molecule has 18 heavy (non-hydrogen) atoms. The Balaban J connectivity index is 2.72. The van der Waals surface area contributed by atoms with Gasteiger partial charge in [0.15, 0.2) is 0 Å². The average Bonchev–Trinajstić information content (AvgIpc) is 2.23. The van der Waals surface area contributed by atoms with Crippen LogP contribution in [0.2, 0.25) is 0 Å². The summed E-state index contributed by atoms with van der Waals surface area (Å²) in [6.07, 6.45) is 0. The topological polar surface area (TPSA) is 35.6 Å². The quantitative estimate of drug-likeness (QED) is 0.823. The largest absolute Gasteiger partial charge is 0.338 e. The van der Waals surface area contributed by atoms with Crippen LogP contribution in [0.25, 0.3) is 0 Å². The first kappa shape index (κ1) is 15.4. The van der Waals surface area contributed by atoms with Gasteiger partial charge >= 0.3 is 0 Å². The van der Waals surface area contributed by atoms with Crippen molar-refractivity contribution in [1.29, 1.82) is 0 Å². The minimum atomic E-state index is -0.417. The fourth-order valence-electron chi connectivity index (χ4n) is 2.60. The molecule has 0 radical (unpaired) electrons. The van der Waals surface area contributed by atoms with E-state index in [9.17, 15) is 4.79 Å². The molecular weight excluding hydrogens is 226 g/mol. The highest BCUT2D eigenvalue weighted by atomic mass is 16.2. The molecule has 1 N–H and O–H groups in total. The van der Waals surface area contributed by atoms with Crippen molar-refractivity contribution in [3.63, 3.8) is 0 Å². The summed E-state index contributed by atoms with van der Waals surface area (Å²) in [7, 11) is 2.04. The Morgan fingerprint density at radius 3 is 2.33 bits per heavy atom. The lowest BCUT2D eigenvalue weighted by atomic mass is 9.88. The molecular formula is C14H29N3O. The number of carbonyl (C=O) groups is 1. The number of rotatable bonds is 4. The fraction of sp³-hybridized carbons (Fsp3) is 0.929. The maximum atomic E-state index is 12.5. The maximum absolute atomic E-state index is 12.5. The van der Waals surface area contributed by atoms with Crippen LogP contribution < -0.4 is 5.32 Å².